The molecule has 132 valence electrons. The van der Waals surface area contributed by atoms with E-state index >= 15 is 0 Å². The highest BCUT2D eigenvalue weighted by molar-refractivity contribution is 14.1. The van der Waals surface area contributed by atoms with Crippen molar-refractivity contribution < 1.29 is 17.9 Å². The predicted octanol–water partition coefficient (Wildman–Crippen LogP) is 3.52. The molecule has 0 heterocycles. The van der Waals surface area contributed by atoms with Crippen LogP contribution in [0.4, 0.5) is 5.69 Å². The van der Waals surface area contributed by atoms with Crippen LogP contribution in [0.1, 0.15) is 5.56 Å². The number of carbonyl (C=O) groups excluding carboxylic acids is 1. The number of hydrogen-bond acceptors (Lipinski definition) is 4. The molecule has 0 N–H and O–H groups in total. The van der Waals surface area contributed by atoms with E-state index in [0.29, 0.717) is 5.69 Å². The molecule has 0 unspecified atom stereocenters. The minimum absolute atomic E-state index is 0.0192. The Labute approximate surface area is 161 Å². The lowest BCUT2D eigenvalue weighted by Crippen LogP contribution is -2.32. The van der Waals surface area contributed by atoms with Crippen LogP contribution >= 0.6 is 22.6 Å². The molecular formula is C18H18INO4S. The molecule has 2 rings (SSSR count). The van der Waals surface area contributed by atoms with Crippen molar-refractivity contribution in [1.82, 2.24) is 0 Å². The average Bonchev–Trinajstić information content (AvgIpc) is 2.59. The van der Waals surface area contributed by atoms with E-state index in [0.717, 1.165) is 9.13 Å². The summed E-state index contributed by atoms with van der Waals surface area (Å²) >= 11 is 2.09. The van der Waals surface area contributed by atoms with Gasteiger partial charge in [0.1, 0.15) is 0 Å². The van der Waals surface area contributed by atoms with Gasteiger partial charge in [0.25, 0.3) is 10.0 Å². The maximum absolute atomic E-state index is 13.1. The van der Waals surface area contributed by atoms with Crippen molar-refractivity contribution >= 4 is 44.3 Å². The van der Waals surface area contributed by atoms with Crippen molar-refractivity contribution in [3.8, 4) is 0 Å². The first kappa shape index (κ1) is 19.5. The monoisotopic (exact) mass is 471 g/mol. The van der Waals surface area contributed by atoms with E-state index < -0.39 is 16.0 Å². The number of para-hydroxylation sites is 1. The zero-order valence-electron chi connectivity index (χ0n) is 13.8. The largest absolute Gasteiger partial charge is 0.466 e. The lowest BCUT2D eigenvalue weighted by molar-refractivity contribution is -0.134. The van der Waals surface area contributed by atoms with E-state index in [9.17, 15) is 13.2 Å². The summed E-state index contributed by atoms with van der Waals surface area (Å²) in [6.07, 6.45) is 2.69. The number of sulfonamides is 1. The van der Waals surface area contributed by atoms with Crippen LogP contribution in [-0.2, 0) is 19.6 Å². The fourth-order valence-electron chi connectivity index (χ4n) is 2.13. The zero-order chi connectivity index (χ0) is 18.4. The number of methoxy groups -OCH3 is 1. The number of benzene rings is 2. The first-order valence-corrected chi connectivity index (χ1v) is 9.96. The third-order valence-corrected chi connectivity index (χ3v) is 6.16. The van der Waals surface area contributed by atoms with Crippen LogP contribution in [0.25, 0.3) is 0 Å². The van der Waals surface area contributed by atoms with Gasteiger partial charge in [0, 0.05) is 9.65 Å². The molecule has 25 heavy (non-hydrogen) atoms. The van der Waals surface area contributed by atoms with Gasteiger partial charge in [0.2, 0.25) is 0 Å². The number of carbonyl (C=O) groups is 1. The van der Waals surface area contributed by atoms with E-state index in [1.165, 1.54) is 23.6 Å². The van der Waals surface area contributed by atoms with Gasteiger partial charge in [-0.25, -0.2) is 13.2 Å². The van der Waals surface area contributed by atoms with Gasteiger partial charge in [-0.3, -0.25) is 4.31 Å². The first-order chi connectivity index (χ1) is 11.9. The van der Waals surface area contributed by atoms with E-state index in [1.54, 1.807) is 36.4 Å². The summed E-state index contributed by atoms with van der Waals surface area (Å²) in [4.78, 5) is 11.5. The van der Waals surface area contributed by atoms with Crippen LogP contribution in [0.15, 0.2) is 65.6 Å². The van der Waals surface area contributed by atoms with Crippen molar-refractivity contribution in [2.24, 2.45) is 0 Å². The normalized spacial score (nSPS) is 11.5. The Morgan fingerprint density at radius 3 is 2.40 bits per heavy atom. The second-order valence-corrected chi connectivity index (χ2v) is 8.25. The third kappa shape index (κ3) is 4.82. The Balaban J connectivity index is 2.47. The van der Waals surface area contributed by atoms with Gasteiger partial charge in [-0.05, 0) is 53.8 Å². The Kier molecular flexibility index (Phi) is 6.60. The molecule has 0 aliphatic carbocycles. The van der Waals surface area contributed by atoms with Crippen molar-refractivity contribution in [2.45, 2.75) is 11.8 Å². The number of nitrogens with zero attached hydrogens (tertiary/aromatic N) is 1. The van der Waals surface area contributed by atoms with Crippen molar-refractivity contribution in [1.29, 1.82) is 0 Å². The predicted molar refractivity (Wildman–Crippen MR) is 106 cm³/mol. The van der Waals surface area contributed by atoms with Gasteiger partial charge in [-0.1, -0.05) is 35.9 Å². The van der Waals surface area contributed by atoms with Crippen molar-refractivity contribution in [3.05, 3.63) is 69.8 Å². The number of hydrogen-bond donors (Lipinski definition) is 0. The number of halogens is 1. The molecule has 7 heteroatoms. The molecule has 0 bridgehead atoms. The zero-order valence-corrected chi connectivity index (χ0v) is 16.8. The fraction of sp³-hybridized carbons (Fsp3) is 0.167. The molecule has 2 aromatic rings. The standard InChI is InChI=1S/C18H18INO4S/c1-14-9-11-15(12-10-14)25(22,23)20(13-5-8-18(21)24-2)17-7-4-3-6-16(17)19/h3-12H,13H2,1-2H3/b8-5+. The summed E-state index contributed by atoms with van der Waals surface area (Å²) in [5, 5.41) is 0. The van der Waals surface area contributed by atoms with Crippen LogP contribution in [0, 0.1) is 10.5 Å². The summed E-state index contributed by atoms with van der Waals surface area (Å²) in [5.74, 6) is -0.532. The van der Waals surface area contributed by atoms with E-state index in [-0.39, 0.29) is 11.4 Å². The number of anilines is 1. The maximum Gasteiger partial charge on any atom is 0.330 e. The maximum atomic E-state index is 13.1. The van der Waals surface area contributed by atoms with Gasteiger partial charge in [-0.15, -0.1) is 0 Å². The average molecular weight is 471 g/mol. The summed E-state index contributed by atoms with van der Waals surface area (Å²) < 4.78 is 32.8. The molecule has 0 spiro atoms. The third-order valence-electron chi connectivity index (χ3n) is 3.46. The van der Waals surface area contributed by atoms with Gasteiger partial charge >= 0.3 is 5.97 Å². The highest BCUT2D eigenvalue weighted by atomic mass is 127. The molecule has 0 saturated heterocycles. The summed E-state index contributed by atoms with van der Waals surface area (Å²) in [5.41, 5.74) is 1.53. The minimum atomic E-state index is -3.77. The Bertz CT molecular complexity index is 876. The number of ether oxygens (including phenoxy) is 1. The van der Waals surface area contributed by atoms with Crippen LogP contribution in [-0.4, -0.2) is 28.0 Å². The number of aryl methyl sites for hydroxylation is 1. The van der Waals surface area contributed by atoms with E-state index in [2.05, 4.69) is 27.3 Å². The van der Waals surface area contributed by atoms with E-state index in [4.69, 9.17) is 0 Å². The quantitative estimate of drug-likeness (QED) is 0.368. The molecule has 0 fully saturated rings. The van der Waals surface area contributed by atoms with Gasteiger partial charge in [-0.2, -0.15) is 0 Å². The van der Waals surface area contributed by atoms with Crippen LogP contribution in [0.3, 0.4) is 0 Å². The smallest absolute Gasteiger partial charge is 0.330 e. The number of rotatable bonds is 6. The van der Waals surface area contributed by atoms with Crippen molar-refractivity contribution in [2.75, 3.05) is 18.0 Å². The minimum Gasteiger partial charge on any atom is -0.466 e. The highest BCUT2D eigenvalue weighted by Crippen LogP contribution is 2.28. The summed E-state index contributed by atoms with van der Waals surface area (Å²) in [6, 6.07) is 13.9. The molecule has 5 nitrogen and oxygen atoms in total. The molecule has 0 radical (unpaired) electrons. The molecule has 0 aliphatic heterocycles. The molecular weight excluding hydrogens is 453 g/mol. The Hall–Kier alpha value is -1.87. The summed E-state index contributed by atoms with van der Waals surface area (Å²) in [6.45, 7) is 1.92. The second kappa shape index (κ2) is 8.48. The van der Waals surface area contributed by atoms with Crippen LogP contribution < -0.4 is 4.31 Å². The van der Waals surface area contributed by atoms with Crippen molar-refractivity contribution in [3.63, 3.8) is 0 Å². The molecule has 0 saturated carbocycles. The fourth-order valence-corrected chi connectivity index (χ4v) is 4.41. The molecule has 2 aromatic carbocycles. The molecule has 0 aromatic heterocycles. The Morgan fingerprint density at radius 1 is 1.16 bits per heavy atom. The van der Waals surface area contributed by atoms with E-state index in [1.807, 2.05) is 19.1 Å². The Morgan fingerprint density at radius 2 is 1.80 bits per heavy atom. The van der Waals surface area contributed by atoms with Crippen LogP contribution in [0.2, 0.25) is 0 Å². The lowest BCUT2D eigenvalue weighted by Gasteiger charge is -2.24. The second-order valence-electron chi connectivity index (χ2n) is 5.23. The first-order valence-electron chi connectivity index (χ1n) is 7.44. The van der Waals surface area contributed by atoms with Gasteiger partial charge in [0.05, 0.1) is 24.2 Å². The molecule has 0 aliphatic rings. The lowest BCUT2D eigenvalue weighted by atomic mass is 10.2. The highest BCUT2D eigenvalue weighted by Gasteiger charge is 2.25. The van der Waals surface area contributed by atoms with Gasteiger partial charge in [0.15, 0.2) is 0 Å². The molecule has 0 atom stereocenters. The summed E-state index contributed by atoms with van der Waals surface area (Å²) in [7, 11) is -2.50. The topological polar surface area (TPSA) is 63.7 Å². The molecule has 0 amide bonds. The van der Waals surface area contributed by atoms with Crippen LogP contribution in [0.5, 0.6) is 0 Å². The SMILES string of the molecule is COC(=O)/C=C/CN(c1ccccc1I)S(=O)(=O)c1ccc(C)cc1. The van der Waals surface area contributed by atoms with Gasteiger partial charge < -0.3 is 4.74 Å². The number of esters is 1.